The van der Waals surface area contributed by atoms with Crippen molar-refractivity contribution in [2.75, 3.05) is 44.4 Å². The van der Waals surface area contributed by atoms with E-state index in [1.54, 1.807) is 13.2 Å². The van der Waals surface area contributed by atoms with Gasteiger partial charge in [0.05, 0.1) is 10.6 Å². The van der Waals surface area contributed by atoms with Crippen molar-refractivity contribution in [3.8, 4) is 0 Å². The van der Waals surface area contributed by atoms with Gasteiger partial charge in [0.1, 0.15) is 5.82 Å². The van der Waals surface area contributed by atoms with E-state index in [1.165, 1.54) is 0 Å². The summed E-state index contributed by atoms with van der Waals surface area (Å²) in [6.07, 6.45) is 2.21. The summed E-state index contributed by atoms with van der Waals surface area (Å²) in [5.41, 5.74) is 0. The molecule has 2 atom stereocenters. The van der Waals surface area contributed by atoms with E-state index in [1.807, 2.05) is 14.1 Å². The van der Waals surface area contributed by atoms with E-state index in [0.29, 0.717) is 12.5 Å². The topological polar surface area (TPSA) is 64.5 Å². The van der Waals surface area contributed by atoms with Crippen LogP contribution < -0.4 is 10.2 Å². The van der Waals surface area contributed by atoms with Crippen LogP contribution in [0.4, 0.5) is 11.8 Å². The molecule has 6 nitrogen and oxygen atoms in total. The van der Waals surface area contributed by atoms with Crippen LogP contribution in [0, 0.1) is 0 Å². The van der Waals surface area contributed by atoms with Gasteiger partial charge in [0.25, 0.3) is 0 Å². The van der Waals surface area contributed by atoms with Crippen molar-refractivity contribution in [2.24, 2.45) is 0 Å². The molecule has 0 spiro atoms. The van der Waals surface area contributed by atoms with Crippen molar-refractivity contribution in [1.29, 1.82) is 0 Å². The maximum absolute atomic E-state index is 9.93. The Morgan fingerprint density at radius 1 is 1.58 bits per heavy atom. The standard InChI is InChI=1S/C12H20BrN5O/c1-14-12-15-5-10(13)11(16-12)18-7-9(19)4-8(18)6-17(2)3/h5,8-9,19H,4,6-7H2,1-3H3,(H,14,15,16). The van der Waals surface area contributed by atoms with Crippen molar-refractivity contribution in [2.45, 2.75) is 18.6 Å². The number of nitrogens with zero attached hydrogens (tertiary/aromatic N) is 4. The lowest BCUT2D eigenvalue weighted by Gasteiger charge is -2.28. The lowest BCUT2D eigenvalue weighted by atomic mass is 10.2. The van der Waals surface area contributed by atoms with Crippen LogP contribution in [0.1, 0.15) is 6.42 Å². The number of aromatic nitrogens is 2. The first kappa shape index (κ1) is 14.5. The molecule has 0 aromatic carbocycles. The number of β-amino-alcohol motifs (C(OH)–C–C–N with tert-alkyl or cyclic N) is 1. The van der Waals surface area contributed by atoms with Gasteiger partial charge in [0.2, 0.25) is 5.95 Å². The van der Waals surface area contributed by atoms with Crippen molar-refractivity contribution < 1.29 is 5.11 Å². The second-order valence-corrected chi connectivity index (χ2v) is 5.93. The summed E-state index contributed by atoms with van der Waals surface area (Å²) in [5.74, 6) is 1.42. The molecule has 0 aliphatic carbocycles. The van der Waals surface area contributed by atoms with Gasteiger partial charge >= 0.3 is 0 Å². The zero-order valence-corrected chi connectivity index (χ0v) is 13.1. The molecule has 0 amide bonds. The highest BCUT2D eigenvalue weighted by Gasteiger charge is 2.33. The molecule has 2 rings (SSSR count). The average molecular weight is 330 g/mol. The third kappa shape index (κ3) is 3.34. The minimum absolute atomic E-state index is 0.265. The van der Waals surface area contributed by atoms with Crippen molar-refractivity contribution in [3.05, 3.63) is 10.7 Å². The molecule has 0 bridgehead atoms. The molecule has 0 saturated carbocycles. The fraction of sp³-hybridized carbons (Fsp3) is 0.667. The smallest absolute Gasteiger partial charge is 0.224 e. The number of nitrogens with one attached hydrogen (secondary N) is 1. The first-order valence-corrected chi connectivity index (χ1v) is 7.10. The van der Waals surface area contributed by atoms with Crippen molar-refractivity contribution in [3.63, 3.8) is 0 Å². The molecule has 1 aromatic heterocycles. The lowest BCUT2D eigenvalue weighted by Crippen LogP contribution is -2.38. The predicted octanol–water partition coefficient (Wildman–Crippen LogP) is 0.782. The maximum atomic E-state index is 9.93. The van der Waals surface area contributed by atoms with Gasteiger partial charge in [0, 0.05) is 32.4 Å². The monoisotopic (exact) mass is 329 g/mol. The van der Waals surface area contributed by atoms with Gasteiger partial charge in [-0.3, -0.25) is 0 Å². The number of hydrogen-bond donors (Lipinski definition) is 2. The van der Waals surface area contributed by atoms with Crippen molar-refractivity contribution >= 4 is 27.7 Å². The third-order valence-electron chi connectivity index (χ3n) is 3.19. The quantitative estimate of drug-likeness (QED) is 0.851. The Morgan fingerprint density at radius 3 is 2.95 bits per heavy atom. The minimum Gasteiger partial charge on any atom is -0.391 e. The molecule has 1 fully saturated rings. The van der Waals surface area contributed by atoms with E-state index in [0.717, 1.165) is 23.3 Å². The number of halogens is 1. The number of aliphatic hydroxyl groups is 1. The van der Waals surface area contributed by atoms with E-state index in [4.69, 9.17) is 0 Å². The Hall–Kier alpha value is -0.920. The summed E-state index contributed by atoms with van der Waals surface area (Å²) >= 11 is 3.49. The predicted molar refractivity (Wildman–Crippen MR) is 79.6 cm³/mol. The summed E-state index contributed by atoms with van der Waals surface area (Å²) in [5, 5.41) is 12.9. The number of anilines is 2. The van der Waals surface area contributed by atoms with Gasteiger partial charge in [-0.05, 0) is 36.4 Å². The van der Waals surface area contributed by atoms with Gasteiger partial charge in [-0.2, -0.15) is 4.98 Å². The fourth-order valence-electron chi connectivity index (χ4n) is 2.43. The van der Waals surface area contributed by atoms with Crippen LogP contribution in [0.3, 0.4) is 0 Å². The van der Waals surface area contributed by atoms with Gasteiger partial charge < -0.3 is 20.2 Å². The molecule has 19 heavy (non-hydrogen) atoms. The SMILES string of the molecule is CNc1ncc(Br)c(N2CC(O)CC2CN(C)C)n1. The first-order chi connectivity index (χ1) is 9.01. The number of likely N-dealkylation sites (N-methyl/N-ethyl adjacent to an activating group) is 1. The summed E-state index contributed by atoms with van der Waals surface area (Å²) in [6.45, 7) is 1.50. The van der Waals surface area contributed by atoms with Gasteiger partial charge in [-0.1, -0.05) is 0 Å². The number of rotatable bonds is 4. The van der Waals surface area contributed by atoms with Crippen LogP contribution in [0.25, 0.3) is 0 Å². The minimum atomic E-state index is -0.301. The Labute approximate surface area is 122 Å². The molecular weight excluding hydrogens is 310 g/mol. The number of hydrogen-bond acceptors (Lipinski definition) is 6. The number of aliphatic hydroxyl groups excluding tert-OH is 1. The Balaban J connectivity index is 2.27. The van der Waals surface area contributed by atoms with Crippen LogP contribution in [0.5, 0.6) is 0 Å². The second-order valence-electron chi connectivity index (χ2n) is 5.07. The molecule has 1 aliphatic rings. The highest BCUT2D eigenvalue weighted by atomic mass is 79.9. The van der Waals surface area contributed by atoms with E-state index < -0.39 is 0 Å². The second kappa shape index (κ2) is 6.02. The van der Waals surface area contributed by atoms with E-state index in [9.17, 15) is 5.11 Å². The van der Waals surface area contributed by atoms with Crippen molar-refractivity contribution in [1.82, 2.24) is 14.9 Å². The van der Waals surface area contributed by atoms with Crippen LogP contribution >= 0.6 is 15.9 Å². The molecule has 1 saturated heterocycles. The Morgan fingerprint density at radius 2 is 2.32 bits per heavy atom. The van der Waals surface area contributed by atoms with Gasteiger partial charge in [-0.15, -0.1) is 0 Å². The van der Waals surface area contributed by atoms with E-state index in [-0.39, 0.29) is 12.1 Å². The lowest BCUT2D eigenvalue weighted by molar-refractivity contribution is 0.191. The normalized spacial score (nSPS) is 23.2. The molecule has 2 heterocycles. The van der Waals surface area contributed by atoms with E-state index >= 15 is 0 Å². The molecule has 0 radical (unpaired) electrons. The van der Waals surface area contributed by atoms with Gasteiger partial charge in [-0.25, -0.2) is 4.98 Å². The average Bonchev–Trinajstić information content (AvgIpc) is 2.70. The first-order valence-electron chi connectivity index (χ1n) is 6.31. The molecule has 1 aliphatic heterocycles. The molecular formula is C12H20BrN5O. The summed E-state index contributed by atoms with van der Waals surface area (Å²) in [6, 6.07) is 0.265. The maximum Gasteiger partial charge on any atom is 0.224 e. The summed E-state index contributed by atoms with van der Waals surface area (Å²) in [7, 11) is 5.87. The van der Waals surface area contributed by atoms with Crippen LogP contribution in [0.15, 0.2) is 10.7 Å². The zero-order valence-electron chi connectivity index (χ0n) is 11.5. The zero-order chi connectivity index (χ0) is 14.0. The molecule has 2 unspecified atom stereocenters. The molecule has 7 heteroatoms. The summed E-state index contributed by atoms with van der Waals surface area (Å²) in [4.78, 5) is 12.9. The largest absolute Gasteiger partial charge is 0.391 e. The van der Waals surface area contributed by atoms with Crippen LogP contribution in [-0.2, 0) is 0 Å². The Kier molecular flexibility index (Phi) is 4.59. The molecule has 1 aromatic rings. The summed E-state index contributed by atoms with van der Waals surface area (Å²) < 4.78 is 0.851. The van der Waals surface area contributed by atoms with Crippen LogP contribution in [-0.4, -0.2) is 66.4 Å². The van der Waals surface area contributed by atoms with Gasteiger partial charge in [0.15, 0.2) is 0 Å². The highest BCUT2D eigenvalue weighted by Crippen LogP contribution is 2.31. The van der Waals surface area contributed by atoms with Crippen LogP contribution in [0.2, 0.25) is 0 Å². The Bertz CT molecular complexity index is 442. The molecule has 106 valence electrons. The van der Waals surface area contributed by atoms with E-state index in [2.05, 4.69) is 41.0 Å². The fourth-order valence-corrected chi connectivity index (χ4v) is 2.84. The molecule has 2 N–H and O–H groups in total. The third-order valence-corrected chi connectivity index (χ3v) is 3.75. The highest BCUT2D eigenvalue weighted by molar-refractivity contribution is 9.10.